The second-order valence-corrected chi connectivity index (χ2v) is 8.44. The lowest BCUT2D eigenvalue weighted by Gasteiger charge is -2.32. The fourth-order valence-electron chi connectivity index (χ4n) is 4.32. The van der Waals surface area contributed by atoms with E-state index in [-0.39, 0.29) is 12.2 Å². The number of nitriles is 1. The van der Waals surface area contributed by atoms with E-state index in [0.29, 0.717) is 40.3 Å². The molecule has 3 aromatic rings. The molecule has 2 aliphatic rings. The molecule has 2 fully saturated rings. The van der Waals surface area contributed by atoms with E-state index in [1.807, 2.05) is 25.1 Å². The molecule has 2 atom stereocenters. The maximum absolute atomic E-state index is 9.04. The second kappa shape index (κ2) is 9.57. The molecule has 5 heterocycles. The van der Waals surface area contributed by atoms with Crippen LogP contribution in [0.15, 0.2) is 30.5 Å². The lowest BCUT2D eigenvalue weighted by molar-refractivity contribution is 0.0302. The number of hydrogen-bond donors (Lipinski definition) is 4. The van der Waals surface area contributed by atoms with Crippen LogP contribution in [0.1, 0.15) is 24.1 Å². The maximum atomic E-state index is 9.04. The Bertz CT molecular complexity index is 1250. The van der Waals surface area contributed by atoms with E-state index in [2.05, 4.69) is 41.1 Å². The van der Waals surface area contributed by atoms with Crippen molar-refractivity contribution in [3.8, 4) is 17.7 Å². The molecule has 180 valence electrons. The number of aryl methyl sites for hydroxylation is 1. The summed E-state index contributed by atoms with van der Waals surface area (Å²) in [5.74, 6) is 8.42. The number of nitrogens with two attached hydrogens (primary N) is 1. The summed E-state index contributed by atoms with van der Waals surface area (Å²) in [6, 6.07) is 9.18. The Morgan fingerprint density at radius 1 is 1.20 bits per heavy atom. The van der Waals surface area contributed by atoms with Crippen molar-refractivity contribution < 1.29 is 9.47 Å². The smallest absolute Gasteiger partial charge is 0.223 e. The number of fused-ring (bicyclic) bond motifs is 2. The summed E-state index contributed by atoms with van der Waals surface area (Å²) in [4.78, 5) is 10.8. The minimum atomic E-state index is 0.275. The van der Waals surface area contributed by atoms with Crippen LogP contribution in [0.4, 0.5) is 28.8 Å². The molecule has 5 rings (SSSR count). The average molecular weight is 475 g/mol. The number of morpholine rings is 1. The van der Waals surface area contributed by atoms with Gasteiger partial charge in [0.25, 0.3) is 0 Å². The summed E-state index contributed by atoms with van der Waals surface area (Å²) in [5.41, 5.74) is 4.87. The van der Waals surface area contributed by atoms with Crippen LogP contribution in [0.3, 0.4) is 0 Å². The molecule has 2 saturated heterocycles. The Morgan fingerprint density at radius 3 is 2.63 bits per heavy atom. The first-order chi connectivity index (χ1) is 17.1. The first-order valence-electron chi connectivity index (χ1n) is 11.3. The number of ether oxygens (including phenoxy) is 2. The highest BCUT2D eigenvalue weighted by molar-refractivity contribution is 5.83. The zero-order valence-electron chi connectivity index (χ0n) is 19.4. The Kier molecular flexibility index (Phi) is 6.17. The third kappa shape index (κ3) is 4.72. The van der Waals surface area contributed by atoms with E-state index in [1.54, 1.807) is 19.2 Å². The van der Waals surface area contributed by atoms with Crippen LogP contribution in [0.5, 0.6) is 11.6 Å². The molecule has 5 N–H and O–H groups in total. The molecule has 0 amide bonds. The Labute approximate surface area is 202 Å². The van der Waals surface area contributed by atoms with Crippen LogP contribution in [-0.2, 0) is 4.74 Å². The first kappa shape index (κ1) is 22.6. The van der Waals surface area contributed by atoms with Crippen molar-refractivity contribution in [2.45, 2.75) is 32.0 Å². The Morgan fingerprint density at radius 2 is 2.00 bits per heavy atom. The Balaban J connectivity index is 1.38. The highest BCUT2D eigenvalue weighted by Crippen LogP contribution is 2.36. The summed E-state index contributed by atoms with van der Waals surface area (Å²) in [7, 11) is 1.73. The van der Waals surface area contributed by atoms with Crippen molar-refractivity contribution >= 4 is 28.8 Å². The predicted molar refractivity (Wildman–Crippen MR) is 131 cm³/mol. The van der Waals surface area contributed by atoms with Crippen LogP contribution in [0.2, 0.25) is 0 Å². The molecule has 12 heteroatoms. The summed E-state index contributed by atoms with van der Waals surface area (Å²) < 4.78 is 11.9. The zero-order chi connectivity index (χ0) is 24.4. The summed E-state index contributed by atoms with van der Waals surface area (Å²) in [6.45, 7) is 3.50. The lowest BCUT2D eigenvalue weighted by Crippen LogP contribution is -2.43. The van der Waals surface area contributed by atoms with Gasteiger partial charge in [-0.2, -0.15) is 10.2 Å². The number of nitrogens with one attached hydrogen (secondary N) is 3. The molecule has 12 nitrogen and oxygen atoms in total. The molecule has 0 radical (unpaired) electrons. The molecule has 0 aromatic carbocycles. The molecule has 2 bridgehead atoms. The molecule has 0 spiro atoms. The molecule has 0 saturated carbocycles. The first-order valence-corrected chi connectivity index (χ1v) is 11.3. The van der Waals surface area contributed by atoms with Gasteiger partial charge in [-0.1, -0.05) is 0 Å². The van der Waals surface area contributed by atoms with Crippen molar-refractivity contribution in [2.75, 3.05) is 41.1 Å². The molecule has 2 unspecified atom stereocenters. The van der Waals surface area contributed by atoms with E-state index in [9.17, 15) is 0 Å². The number of aromatic nitrogens is 4. The molecule has 3 aromatic heterocycles. The van der Waals surface area contributed by atoms with Crippen LogP contribution in [-0.4, -0.2) is 52.5 Å². The van der Waals surface area contributed by atoms with Gasteiger partial charge in [0.2, 0.25) is 5.88 Å². The average Bonchev–Trinajstić information content (AvgIpc) is 3.22. The monoisotopic (exact) mass is 474 g/mol. The predicted octanol–water partition coefficient (Wildman–Crippen LogP) is 2.68. The largest absolute Gasteiger partial charge is 0.437 e. The highest BCUT2D eigenvalue weighted by Gasteiger charge is 2.34. The van der Waals surface area contributed by atoms with E-state index in [1.165, 1.54) is 6.20 Å². The van der Waals surface area contributed by atoms with Gasteiger partial charge in [-0.25, -0.2) is 4.98 Å². The zero-order valence-corrected chi connectivity index (χ0v) is 19.4. The highest BCUT2D eigenvalue weighted by atomic mass is 16.5. The number of rotatable bonds is 7. The molecular formula is C23H26N10O2. The maximum Gasteiger partial charge on any atom is 0.223 e. The van der Waals surface area contributed by atoms with Crippen LogP contribution in [0, 0.1) is 18.3 Å². The van der Waals surface area contributed by atoms with Crippen molar-refractivity contribution in [2.24, 2.45) is 5.84 Å². The normalized spacial score (nSPS) is 18.6. The quantitative estimate of drug-likeness (QED) is 0.293. The number of hydrazine groups is 1. The van der Waals surface area contributed by atoms with Crippen molar-refractivity contribution in [3.05, 3.63) is 41.7 Å². The number of nitrogen functional groups attached to an aromatic ring is 1. The molecule has 2 aliphatic heterocycles. The molecule has 35 heavy (non-hydrogen) atoms. The fourth-order valence-corrected chi connectivity index (χ4v) is 4.32. The summed E-state index contributed by atoms with van der Waals surface area (Å²) in [6.07, 6.45) is 4.25. The third-order valence-corrected chi connectivity index (χ3v) is 6.05. The number of nitrogens with zero attached hydrogens (tertiary/aromatic N) is 6. The van der Waals surface area contributed by atoms with Gasteiger partial charge in [0.15, 0.2) is 23.2 Å². The van der Waals surface area contributed by atoms with Gasteiger partial charge in [0, 0.05) is 26.2 Å². The lowest BCUT2D eigenvalue weighted by atomic mass is 10.2. The number of hydrogen-bond acceptors (Lipinski definition) is 12. The van der Waals surface area contributed by atoms with Gasteiger partial charge in [-0.05, 0) is 43.5 Å². The second-order valence-electron chi connectivity index (χ2n) is 8.44. The molecule has 0 aliphatic carbocycles. The van der Waals surface area contributed by atoms with Crippen LogP contribution in [0.25, 0.3) is 0 Å². The van der Waals surface area contributed by atoms with Crippen LogP contribution < -0.4 is 31.5 Å². The minimum Gasteiger partial charge on any atom is -0.437 e. The standard InChI is InChI=1S/C23H26N10O2/c1-13-7-14(9-24)27-10-18(13)35-21-8-17(22(30-25)23(26-2)29-21)28-19-5-6-20(32-31-19)33-11-15-3-4-16(12-33)34-15/h5-8,10,15-16,30H,3-4,11-12,25H2,1-2H3,(H2,26,28,29,31). The van der Waals surface area contributed by atoms with Gasteiger partial charge in [0.1, 0.15) is 17.5 Å². The number of anilines is 5. The molecular weight excluding hydrogens is 448 g/mol. The van der Waals surface area contributed by atoms with Gasteiger partial charge in [-0.15, -0.1) is 10.2 Å². The van der Waals surface area contributed by atoms with Gasteiger partial charge >= 0.3 is 0 Å². The van der Waals surface area contributed by atoms with E-state index >= 15 is 0 Å². The SMILES string of the molecule is CNc1nc(Oc2cnc(C#N)cc2C)cc(Nc2ccc(N3CC4CCC(C3)O4)nn2)c1NN. The third-order valence-electron chi connectivity index (χ3n) is 6.05. The fraction of sp³-hybridized carbons (Fsp3) is 0.348. The van der Waals surface area contributed by atoms with Crippen molar-refractivity contribution in [3.63, 3.8) is 0 Å². The van der Waals surface area contributed by atoms with Crippen LogP contribution >= 0.6 is 0 Å². The van der Waals surface area contributed by atoms with Crippen molar-refractivity contribution in [1.29, 1.82) is 5.26 Å². The summed E-state index contributed by atoms with van der Waals surface area (Å²) in [5, 5.41) is 24.1. The van der Waals surface area contributed by atoms with Gasteiger partial charge in [0.05, 0.1) is 24.1 Å². The van der Waals surface area contributed by atoms with E-state index in [0.717, 1.165) is 37.3 Å². The van der Waals surface area contributed by atoms with Gasteiger partial charge in [-0.3, -0.25) is 5.84 Å². The number of pyridine rings is 2. The topological polar surface area (TPSA) is 159 Å². The minimum absolute atomic E-state index is 0.275. The van der Waals surface area contributed by atoms with Crippen molar-refractivity contribution in [1.82, 2.24) is 20.2 Å². The Hall–Kier alpha value is -4.21. The van der Waals surface area contributed by atoms with E-state index in [4.69, 9.17) is 20.6 Å². The van der Waals surface area contributed by atoms with Gasteiger partial charge < -0.3 is 30.4 Å². The van der Waals surface area contributed by atoms with E-state index < -0.39 is 0 Å². The summed E-state index contributed by atoms with van der Waals surface area (Å²) >= 11 is 0.